The van der Waals surface area contributed by atoms with Gasteiger partial charge in [0, 0.05) is 12.2 Å². The molecule has 1 saturated heterocycles. The molecule has 4 heteroatoms. The first kappa shape index (κ1) is 14.7. The Morgan fingerprint density at radius 1 is 1.25 bits per heavy atom. The number of rotatable bonds is 4. The Balaban J connectivity index is 2.20. The molecule has 4 nitrogen and oxygen atoms in total. The normalized spacial score (nSPS) is 19.3. The van der Waals surface area contributed by atoms with E-state index in [4.69, 9.17) is 9.47 Å². The van der Waals surface area contributed by atoms with Gasteiger partial charge in [0.05, 0.1) is 13.7 Å². The first-order valence-electron chi connectivity index (χ1n) is 7.33. The summed E-state index contributed by atoms with van der Waals surface area (Å²) in [6.45, 7) is 3.19. The van der Waals surface area contributed by atoms with Crippen molar-refractivity contribution in [2.75, 3.05) is 25.2 Å². The molecule has 1 aromatic carbocycles. The Labute approximate surface area is 120 Å². The predicted octanol–water partition coefficient (Wildman–Crippen LogP) is 3.01. The molecule has 1 aromatic rings. The second-order valence-corrected chi connectivity index (χ2v) is 5.01. The van der Waals surface area contributed by atoms with E-state index in [0.29, 0.717) is 6.61 Å². The maximum Gasteiger partial charge on any atom is 0.328 e. The molecule has 20 heavy (non-hydrogen) atoms. The van der Waals surface area contributed by atoms with Gasteiger partial charge in [0.1, 0.15) is 11.8 Å². The van der Waals surface area contributed by atoms with Crippen LogP contribution in [0, 0.1) is 0 Å². The van der Waals surface area contributed by atoms with E-state index in [-0.39, 0.29) is 12.0 Å². The van der Waals surface area contributed by atoms with Gasteiger partial charge in [-0.1, -0.05) is 12.8 Å². The van der Waals surface area contributed by atoms with Crippen LogP contribution in [-0.4, -0.2) is 32.3 Å². The molecule has 0 amide bonds. The maximum atomic E-state index is 12.2. The van der Waals surface area contributed by atoms with Gasteiger partial charge < -0.3 is 14.4 Å². The molecule has 0 spiro atoms. The standard InChI is InChI=1S/C16H23NO3/c1-3-20-16(18)15-7-5-4-6-12-17(15)13-8-10-14(19-2)11-9-13/h8-11,15H,3-7,12H2,1-2H3. The minimum atomic E-state index is -0.161. The lowest BCUT2D eigenvalue weighted by Crippen LogP contribution is -2.42. The van der Waals surface area contributed by atoms with Crippen molar-refractivity contribution in [1.29, 1.82) is 0 Å². The fraction of sp³-hybridized carbons (Fsp3) is 0.562. The zero-order chi connectivity index (χ0) is 14.4. The second-order valence-electron chi connectivity index (χ2n) is 5.01. The number of carbonyl (C=O) groups excluding carboxylic acids is 1. The summed E-state index contributed by atoms with van der Waals surface area (Å²) >= 11 is 0. The molecule has 0 radical (unpaired) electrons. The SMILES string of the molecule is CCOC(=O)C1CCCCCN1c1ccc(OC)cc1. The minimum Gasteiger partial charge on any atom is -0.497 e. The number of methoxy groups -OCH3 is 1. The Kier molecular flexibility index (Phi) is 5.27. The van der Waals surface area contributed by atoms with Gasteiger partial charge in [-0.15, -0.1) is 0 Å². The van der Waals surface area contributed by atoms with Gasteiger partial charge in [-0.25, -0.2) is 4.79 Å². The average Bonchev–Trinajstić information content (AvgIpc) is 2.73. The van der Waals surface area contributed by atoms with Crippen LogP contribution in [0.15, 0.2) is 24.3 Å². The van der Waals surface area contributed by atoms with Crippen molar-refractivity contribution in [2.24, 2.45) is 0 Å². The molecular weight excluding hydrogens is 254 g/mol. The van der Waals surface area contributed by atoms with Crippen LogP contribution in [0.25, 0.3) is 0 Å². The lowest BCUT2D eigenvalue weighted by atomic mass is 10.1. The summed E-state index contributed by atoms with van der Waals surface area (Å²) in [6, 6.07) is 7.73. The first-order chi connectivity index (χ1) is 9.76. The van der Waals surface area contributed by atoms with Gasteiger partial charge in [-0.3, -0.25) is 0 Å². The Morgan fingerprint density at radius 2 is 2.00 bits per heavy atom. The Bertz CT molecular complexity index is 430. The highest BCUT2D eigenvalue weighted by molar-refractivity contribution is 5.80. The molecule has 0 saturated carbocycles. The van der Waals surface area contributed by atoms with Gasteiger partial charge in [0.2, 0.25) is 0 Å². The number of benzene rings is 1. The number of ether oxygens (including phenoxy) is 2. The third kappa shape index (κ3) is 3.44. The van der Waals surface area contributed by atoms with E-state index >= 15 is 0 Å². The summed E-state index contributed by atoms with van der Waals surface area (Å²) < 4.78 is 10.4. The predicted molar refractivity (Wildman–Crippen MR) is 79.2 cm³/mol. The van der Waals surface area contributed by atoms with E-state index in [1.165, 1.54) is 6.42 Å². The molecule has 1 fully saturated rings. The molecule has 1 unspecified atom stereocenters. The number of esters is 1. The average molecular weight is 277 g/mol. The quantitative estimate of drug-likeness (QED) is 0.793. The highest BCUT2D eigenvalue weighted by atomic mass is 16.5. The molecule has 1 aliphatic heterocycles. The van der Waals surface area contributed by atoms with E-state index in [1.54, 1.807) is 7.11 Å². The van der Waals surface area contributed by atoms with Gasteiger partial charge in [-0.2, -0.15) is 0 Å². The smallest absolute Gasteiger partial charge is 0.328 e. The van der Waals surface area contributed by atoms with E-state index in [1.807, 2.05) is 31.2 Å². The topological polar surface area (TPSA) is 38.8 Å². The summed E-state index contributed by atoms with van der Waals surface area (Å²) in [5.41, 5.74) is 1.06. The van der Waals surface area contributed by atoms with Crippen molar-refractivity contribution < 1.29 is 14.3 Å². The third-order valence-electron chi connectivity index (χ3n) is 3.72. The molecule has 2 rings (SSSR count). The Morgan fingerprint density at radius 3 is 2.65 bits per heavy atom. The van der Waals surface area contributed by atoms with Crippen molar-refractivity contribution >= 4 is 11.7 Å². The van der Waals surface area contributed by atoms with Crippen LogP contribution in [0.4, 0.5) is 5.69 Å². The molecule has 0 bridgehead atoms. The van der Waals surface area contributed by atoms with Crippen molar-refractivity contribution in [3.8, 4) is 5.75 Å². The molecule has 110 valence electrons. The Hall–Kier alpha value is -1.71. The van der Waals surface area contributed by atoms with Crippen molar-refractivity contribution in [3.05, 3.63) is 24.3 Å². The van der Waals surface area contributed by atoms with Crippen LogP contribution in [0.1, 0.15) is 32.6 Å². The zero-order valence-electron chi connectivity index (χ0n) is 12.3. The zero-order valence-corrected chi connectivity index (χ0v) is 12.3. The highest BCUT2D eigenvalue weighted by Crippen LogP contribution is 2.26. The molecular formula is C16H23NO3. The lowest BCUT2D eigenvalue weighted by Gasteiger charge is -2.30. The number of hydrogen-bond donors (Lipinski definition) is 0. The molecule has 0 aromatic heterocycles. The van der Waals surface area contributed by atoms with Crippen LogP contribution in [0.3, 0.4) is 0 Å². The summed E-state index contributed by atoms with van der Waals surface area (Å²) in [7, 11) is 1.66. The number of nitrogens with zero attached hydrogens (tertiary/aromatic N) is 1. The molecule has 1 atom stereocenters. The van der Waals surface area contributed by atoms with Crippen LogP contribution in [-0.2, 0) is 9.53 Å². The minimum absolute atomic E-state index is 0.106. The summed E-state index contributed by atoms with van der Waals surface area (Å²) in [4.78, 5) is 14.3. The van der Waals surface area contributed by atoms with Crippen LogP contribution in [0.5, 0.6) is 5.75 Å². The monoisotopic (exact) mass is 277 g/mol. The van der Waals surface area contributed by atoms with Crippen LogP contribution < -0.4 is 9.64 Å². The van der Waals surface area contributed by atoms with E-state index in [2.05, 4.69) is 4.90 Å². The highest BCUT2D eigenvalue weighted by Gasteiger charge is 2.28. The van der Waals surface area contributed by atoms with E-state index in [0.717, 1.165) is 37.2 Å². The largest absolute Gasteiger partial charge is 0.497 e. The number of hydrogen-bond acceptors (Lipinski definition) is 4. The summed E-state index contributed by atoms with van der Waals surface area (Å²) in [5.74, 6) is 0.724. The lowest BCUT2D eigenvalue weighted by molar-refractivity contribution is -0.144. The first-order valence-corrected chi connectivity index (χ1v) is 7.33. The maximum absolute atomic E-state index is 12.2. The van der Waals surface area contributed by atoms with Crippen LogP contribution in [0.2, 0.25) is 0 Å². The molecule has 1 heterocycles. The van der Waals surface area contributed by atoms with E-state index in [9.17, 15) is 4.79 Å². The fourth-order valence-corrected chi connectivity index (χ4v) is 2.67. The van der Waals surface area contributed by atoms with Crippen molar-refractivity contribution in [3.63, 3.8) is 0 Å². The van der Waals surface area contributed by atoms with Crippen molar-refractivity contribution in [1.82, 2.24) is 0 Å². The number of carbonyl (C=O) groups is 1. The third-order valence-corrected chi connectivity index (χ3v) is 3.72. The van der Waals surface area contributed by atoms with Crippen molar-refractivity contribution in [2.45, 2.75) is 38.6 Å². The van der Waals surface area contributed by atoms with E-state index < -0.39 is 0 Å². The summed E-state index contributed by atoms with van der Waals surface area (Å²) in [5, 5.41) is 0. The van der Waals surface area contributed by atoms with Gasteiger partial charge in [0.15, 0.2) is 0 Å². The molecule has 1 aliphatic rings. The molecule has 0 aliphatic carbocycles. The number of anilines is 1. The van der Waals surface area contributed by atoms with Gasteiger partial charge >= 0.3 is 5.97 Å². The fourth-order valence-electron chi connectivity index (χ4n) is 2.67. The van der Waals surface area contributed by atoms with Gasteiger partial charge in [-0.05, 0) is 44.0 Å². The summed E-state index contributed by atoms with van der Waals surface area (Å²) in [6.07, 6.45) is 4.23. The van der Waals surface area contributed by atoms with Gasteiger partial charge in [0.25, 0.3) is 0 Å². The second kappa shape index (κ2) is 7.17. The molecule has 0 N–H and O–H groups in total. The van der Waals surface area contributed by atoms with Crippen LogP contribution >= 0.6 is 0 Å².